The summed E-state index contributed by atoms with van der Waals surface area (Å²) in [6.07, 6.45) is 3.11. The van der Waals surface area contributed by atoms with Gasteiger partial charge < -0.3 is 15.0 Å². The number of amides is 2. The first-order chi connectivity index (χ1) is 13.6. The minimum absolute atomic E-state index is 0.171. The Bertz CT molecular complexity index is 1240. The molecule has 2 N–H and O–H groups in total. The number of imidazole rings is 1. The lowest BCUT2D eigenvalue weighted by molar-refractivity contribution is -0.137. The number of para-hydroxylation sites is 1. The van der Waals surface area contributed by atoms with Gasteiger partial charge in [-0.25, -0.2) is 14.5 Å². The van der Waals surface area contributed by atoms with E-state index in [1.54, 1.807) is 10.9 Å². The van der Waals surface area contributed by atoms with Crippen LogP contribution in [0.4, 0.5) is 10.7 Å². The fourth-order valence-electron chi connectivity index (χ4n) is 3.25. The van der Waals surface area contributed by atoms with E-state index in [1.165, 1.54) is 15.8 Å². The molecule has 0 radical (unpaired) electrons. The second-order valence-corrected chi connectivity index (χ2v) is 6.28. The number of hydrogen-bond donors (Lipinski definition) is 2. The molecule has 4 heterocycles. The van der Waals surface area contributed by atoms with Gasteiger partial charge >= 0.3 is 12.0 Å². The minimum atomic E-state index is -1.02. The van der Waals surface area contributed by atoms with Gasteiger partial charge in [0.2, 0.25) is 5.95 Å². The summed E-state index contributed by atoms with van der Waals surface area (Å²) in [5, 5.41) is 17.2. The molecule has 1 saturated heterocycles. The number of carbonyl (C=O) groups is 2. The molecule has 0 unspecified atom stereocenters. The van der Waals surface area contributed by atoms with E-state index in [0.717, 1.165) is 10.9 Å². The maximum absolute atomic E-state index is 12.1. The molecule has 1 aromatic carbocycles. The van der Waals surface area contributed by atoms with Gasteiger partial charge in [-0.1, -0.05) is 18.2 Å². The van der Waals surface area contributed by atoms with Crippen LogP contribution in [-0.2, 0) is 11.3 Å². The third-order valence-corrected chi connectivity index (χ3v) is 4.52. The number of benzene rings is 1. The van der Waals surface area contributed by atoms with Gasteiger partial charge in [0.1, 0.15) is 6.54 Å². The summed E-state index contributed by atoms with van der Waals surface area (Å²) in [4.78, 5) is 38.0. The summed E-state index contributed by atoms with van der Waals surface area (Å²) in [7, 11) is 0. The molecule has 11 heteroatoms. The number of aromatic nitrogens is 6. The van der Waals surface area contributed by atoms with Gasteiger partial charge in [-0.15, -0.1) is 0 Å². The molecular formula is C17H14N8O3. The topological polar surface area (TPSA) is 131 Å². The third-order valence-electron chi connectivity index (χ3n) is 4.52. The summed E-state index contributed by atoms with van der Waals surface area (Å²) >= 11 is 0. The van der Waals surface area contributed by atoms with Crippen molar-refractivity contribution in [3.63, 3.8) is 0 Å². The Balaban J connectivity index is 1.78. The minimum Gasteiger partial charge on any atom is -0.480 e. The van der Waals surface area contributed by atoms with Gasteiger partial charge in [-0.2, -0.15) is 15.1 Å². The van der Waals surface area contributed by atoms with Crippen LogP contribution in [-0.4, -0.2) is 59.5 Å². The quantitative estimate of drug-likeness (QED) is 0.536. The van der Waals surface area contributed by atoms with E-state index in [4.69, 9.17) is 0 Å². The van der Waals surface area contributed by atoms with Crippen molar-refractivity contribution in [2.24, 2.45) is 0 Å². The van der Waals surface area contributed by atoms with Gasteiger partial charge in [0.05, 0.1) is 18.0 Å². The lowest BCUT2D eigenvalue weighted by Gasteiger charge is -2.14. The molecule has 0 bridgehead atoms. The fourth-order valence-corrected chi connectivity index (χ4v) is 3.25. The van der Waals surface area contributed by atoms with Crippen LogP contribution in [0.15, 0.2) is 36.8 Å². The highest BCUT2D eigenvalue weighted by Gasteiger charge is 2.27. The monoisotopic (exact) mass is 378 g/mol. The van der Waals surface area contributed by atoms with Crippen molar-refractivity contribution in [2.45, 2.75) is 6.54 Å². The lowest BCUT2D eigenvalue weighted by Crippen LogP contribution is -2.30. The van der Waals surface area contributed by atoms with Gasteiger partial charge in [-0.3, -0.25) is 9.69 Å². The van der Waals surface area contributed by atoms with Crippen molar-refractivity contribution < 1.29 is 14.7 Å². The molecule has 0 saturated carbocycles. The zero-order valence-corrected chi connectivity index (χ0v) is 14.5. The van der Waals surface area contributed by atoms with Crippen molar-refractivity contribution >= 4 is 40.0 Å². The Hall–Kier alpha value is -4.02. The molecule has 28 heavy (non-hydrogen) atoms. The van der Waals surface area contributed by atoms with Crippen LogP contribution < -0.4 is 10.2 Å². The Morgan fingerprint density at radius 1 is 1.25 bits per heavy atom. The predicted octanol–water partition coefficient (Wildman–Crippen LogP) is 0.779. The second kappa shape index (κ2) is 6.01. The second-order valence-electron chi connectivity index (χ2n) is 6.28. The Labute approximate surface area is 157 Å². The van der Waals surface area contributed by atoms with E-state index >= 15 is 0 Å². The lowest BCUT2D eigenvalue weighted by atomic mass is 10.2. The van der Waals surface area contributed by atoms with Crippen molar-refractivity contribution in [1.29, 1.82) is 0 Å². The van der Waals surface area contributed by atoms with Crippen LogP contribution in [0.1, 0.15) is 0 Å². The zero-order valence-electron chi connectivity index (χ0n) is 14.5. The normalized spacial score (nSPS) is 14.1. The summed E-state index contributed by atoms with van der Waals surface area (Å²) < 4.78 is 3.03. The molecule has 2 amide bonds. The maximum Gasteiger partial charge on any atom is 0.324 e. The highest BCUT2D eigenvalue weighted by Crippen LogP contribution is 2.25. The largest absolute Gasteiger partial charge is 0.480 e. The third kappa shape index (κ3) is 2.44. The molecule has 1 aliphatic heterocycles. The SMILES string of the molecule is O=C(O)Cn1cnc2c(-n3ncc4ccccc43)nc(N3CCNC3=O)nc21. The van der Waals surface area contributed by atoms with E-state index in [1.807, 2.05) is 24.3 Å². The van der Waals surface area contributed by atoms with Crippen molar-refractivity contribution in [3.05, 3.63) is 36.8 Å². The summed E-state index contributed by atoms with van der Waals surface area (Å²) in [5.41, 5.74) is 1.53. The van der Waals surface area contributed by atoms with Crippen LogP contribution >= 0.6 is 0 Å². The molecule has 5 rings (SSSR count). The van der Waals surface area contributed by atoms with E-state index in [9.17, 15) is 14.7 Å². The number of nitrogens with zero attached hydrogens (tertiary/aromatic N) is 7. The van der Waals surface area contributed by atoms with Gasteiger partial charge in [-0.05, 0) is 6.07 Å². The number of anilines is 1. The first kappa shape index (κ1) is 16.2. The number of aliphatic carboxylic acids is 1. The Morgan fingerprint density at radius 2 is 2.11 bits per heavy atom. The van der Waals surface area contributed by atoms with E-state index in [-0.39, 0.29) is 18.5 Å². The molecule has 1 aliphatic rings. The van der Waals surface area contributed by atoms with Gasteiger partial charge in [0.25, 0.3) is 0 Å². The van der Waals surface area contributed by atoms with E-state index < -0.39 is 5.97 Å². The van der Waals surface area contributed by atoms with Crippen LogP contribution in [0.3, 0.4) is 0 Å². The molecule has 0 atom stereocenters. The molecule has 140 valence electrons. The molecule has 1 fully saturated rings. The number of nitrogens with one attached hydrogen (secondary N) is 1. The van der Waals surface area contributed by atoms with Crippen molar-refractivity contribution in [1.82, 2.24) is 34.6 Å². The van der Waals surface area contributed by atoms with Crippen LogP contribution in [0.2, 0.25) is 0 Å². The molecule has 0 aliphatic carbocycles. The Kier molecular flexibility index (Phi) is 3.47. The number of fused-ring (bicyclic) bond motifs is 2. The summed E-state index contributed by atoms with van der Waals surface area (Å²) in [6, 6.07) is 7.31. The number of carboxylic acids is 1. The molecule has 3 aromatic heterocycles. The highest BCUT2D eigenvalue weighted by atomic mass is 16.4. The number of urea groups is 1. The van der Waals surface area contributed by atoms with Crippen molar-refractivity contribution in [3.8, 4) is 5.82 Å². The molecule has 11 nitrogen and oxygen atoms in total. The number of hydrogen-bond acceptors (Lipinski definition) is 6. The first-order valence-electron chi connectivity index (χ1n) is 8.55. The smallest absolute Gasteiger partial charge is 0.324 e. The molecular weight excluding hydrogens is 364 g/mol. The fraction of sp³-hybridized carbons (Fsp3) is 0.176. The first-order valence-corrected chi connectivity index (χ1v) is 8.55. The van der Waals surface area contributed by atoms with E-state index in [2.05, 4.69) is 25.4 Å². The molecule has 0 spiro atoms. The average Bonchev–Trinajstić information content (AvgIpc) is 3.39. The number of rotatable bonds is 4. The summed E-state index contributed by atoms with van der Waals surface area (Å²) in [5.74, 6) is -0.473. The van der Waals surface area contributed by atoms with Crippen molar-refractivity contribution in [2.75, 3.05) is 18.0 Å². The number of carboxylic acid groups (broad SMARTS) is 1. The average molecular weight is 378 g/mol. The Morgan fingerprint density at radius 3 is 2.89 bits per heavy atom. The zero-order chi connectivity index (χ0) is 19.3. The maximum atomic E-state index is 12.1. The van der Waals surface area contributed by atoms with E-state index in [0.29, 0.717) is 30.1 Å². The van der Waals surface area contributed by atoms with Crippen LogP contribution in [0.5, 0.6) is 0 Å². The standard InChI is InChI=1S/C17H14N8O3/c26-12(27)8-23-9-19-13-14(23)21-16(24-6-5-18-17(24)28)22-15(13)25-11-4-2-1-3-10(11)7-20-25/h1-4,7,9H,5-6,8H2,(H,18,28)(H,26,27). The predicted molar refractivity (Wildman–Crippen MR) is 98.3 cm³/mol. The number of carbonyl (C=O) groups excluding carboxylic acids is 1. The van der Waals surface area contributed by atoms with Gasteiger partial charge in [0, 0.05) is 18.5 Å². The van der Waals surface area contributed by atoms with Gasteiger partial charge in [0.15, 0.2) is 17.0 Å². The van der Waals surface area contributed by atoms with Crippen LogP contribution in [0.25, 0.3) is 27.9 Å². The highest BCUT2D eigenvalue weighted by molar-refractivity contribution is 5.94. The summed E-state index contributed by atoms with van der Waals surface area (Å²) in [6.45, 7) is 0.587. The van der Waals surface area contributed by atoms with Crippen LogP contribution in [0, 0.1) is 0 Å². The molecule has 4 aromatic rings.